The first-order valence-corrected chi connectivity index (χ1v) is 10.3. The summed E-state index contributed by atoms with van der Waals surface area (Å²) in [6.07, 6.45) is 6.51. The van der Waals surface area contributed by atoms with E-state index in [1.54, 1.807) is 42.7 Å². The lowest BCUT2D eigenvalue weighted by Crippen LogP contribution is -2.15. The van der Waals surface area contributed by atoms with Crippen molar-refractivity contribution in [3.63, 3.8) is 0 Å². The molecule has 0 spiro atoms. The number of aromatic nitrogens is 4. The van der Waals surface area contributed by atoms with E-state index in [9.17, 15) is 14.7 Å². The Labute approximate surface area is 185 Å². The summed E-state index contributed by atoms with van der Waals surface area (Å²) in [6, 6.07) is 10.6. The van der Waals surface area contributed by atoms with Crippen LogP contribution in [0.4, 0.5) is 5.82 Å². The van der Waals surface area contributed by atoms with Gasteiger partial charge in [0.05, 0.1) is 18.6 Å². The highest BCUT2D eigenvalue weighted by Gasteiger charge is 2.19. The Kier molecular flexibility index (Phi) is 6.04. The van der Waals surface area contributed by atoms with Crippen LogP contribution < -0.4 is 5.32 Å². The Hall–Kier alpha value is -3.91. The third-order valence-corrected chi connectivity index (χ3v) is 5.13. The quantitative estimate of drug-likeness (QED) is 0.436. The largest absolute Gasteiger partial charge is 0.392 e. The number of amides is 1. The van der Waals surface area contributed by atoms with E-state index in [2.05, 4.69) is 20.3 Å². The smallest absolute Gasteiger partial charge is 0.229 e. The van der Waals surface area contributed by atoms with Crippen LogP contribution in [0.5, 0.6) is 0 Å². The molecule has 4 aromatic rings. The molecular formula is C24H23N5O3. The number of nitrogens with zero attached hydrogens (tertiary/aromatic N) is 4. The molecule has 3 heterocycles. The first-order chi connectivity index (χ1) is 15.5. The van der Waals surface area contributed by atoms with E-state index in [0.717, 1.165) is 11.1 Å². The van der Waals surface area contributed by atoms with Crippen LogP contribution >= 0.6 is 0 Å². The molecule has 2 N–H and O–H groups in total. The molecule has 0 aliphatic heterocycles. The maximum absolute atomic E-state index is 13.1. The topological polar surface area (TPSA) is 110 Å². The van der Waals surface area contributed by atoms with Crippen LogP contribution in [0, 0.1) is 0 Å². The first-order valence-electron chi connectivity index (χ1n) is 10.3. The fraction of sp³-hybridized carbons (Fsp3) is 0.208. The molecule has 0 aliphatic carbocycles. The number of aliphatic hydroxyl groups excluding tert-OH is 1. The van der Waals surface area contributed by atoms with Gasteiger partial charge in [-0.25, -0.2) is 15.0 Å². The van der Waals surface area contributed by atoms with E-state index in [4.69, 9.17) is 0 Å². The van der Waals surface area contributed by atoms with Gasteiger partial charge in [-0.2, -0.15) is 0 Å². The molecule has 0 saturated heterocycles. The summed E-state index contributed by atoms with van der Waals surface area (Å²) >= 11 is 0. The highest BCUT2D eigenvalue weighted by atomic mass is 16.3. The van der Waals surface area contributed by atoms with E-state index in [0.29, 0.717) is 28.0 Å². The van der Waals surface area contributed by atoms with Gasteiger partial charge in [-0.05, 0) is 37.1 Å². The van der Waals surface area contributed by atoms with Crippen LogP contribution in [0.25, 0.3) is 11.0 Å². The van der Waals surface area contributed by atoms with Gasteiger partial charge in [-0.1, -0.05) is 24.3 Å². The maximum atomic E-state index is 13.1. The number of carbonyl (C=O) groups excluding carboxylic acids is 2. The molecule has 162 valence electrons. The minimum Gasteiger partial charge on any atom is -0.392 e. The number of aliphatic hydroxyl groups is 1. The zero-order valence-corrected chi connectivity index (χ0v) is 17.8. The summed E-state index contributed by atoms with van der Waals surface area (Å²) in [7, 11) is 0. The molecule has 0 bridgehead atoms. The van der Waals surface area contributed by atoms with E-state index >= 15 is 0 Å². The number of nitrogens with one attached hydrogen (secondary N) is 1. The van der Waals surface area contributed by atoms with Gasteiger partial charge in [0.2, 0.25) is 5.91 Å². The molecule has 0 atom stereocenters. The van der Waals surface area contributed by atoms with Crippen molar-refractivity contribution in [2.45, 2.75) is 32.9 Å². The molecule has 0 radical (unpaired) electrons. The molecule has 0 saturated carbocycles. The number of ketones is 1. The first kappa shape index (κ1) is 21.3. The molecule has 0 unspecified atom stereocenters. The summed E-state index contributed by atoms with van der Waals surface area (Å²) in [6.45, 7) is 3.97. The number of rotatable bonds is 7. The number of hydrogen-bond donors (Lipinski definition) is 2. The van der Waals surface area contributed by atoms with Gasteiger partial charge in [0.1, 0.15) is 17.8 Å². The summed E-state index contributed by atoms with van der Waals surface area (Å²) in [5.74, 6) is -0.0583. The van der Waals surface area contributed by atoms with Crippen LogP contribution in [-0.4, -0.2) is 36.3 Å². The Morgan fingerprint density at radius 3 is 2.62 bits per heavy atom. The molecule has 1 aromatic carbocycles. The average molecular weight is 429 g/mol. The molecule has 8 nitrogen and oxygen atoms in total. The molecule has 32 heavy (non-hydrogen) atoms. The molecule has 4 rings (SSSR count). The second kappa shape index (κ2) is 9.07. The van der Waals surface area contributed by atoms with Crippen LogP contribution in [0.2, 0.25) is 0 Å². The molecular weight excluding hydrogens is 406 g/mol. The van der Waals surface area contributed by atoms with E-state index in [-0.39, 0.29) is 30.8 Å². The summed E-state index contributed by atoms with van der Waals surface area (Å²) in [5, 5.41) is 12.6. The fourth-order valence-electron chi connectivity index (χ4n) is 3.53. The van der Waals surface area contributed by atoms with Crippen LogP contribution in [0.1, 0.15) is 46.9 Å². The third kappa shape index (κ3) is 4.40. The van der Waals surface area contributed by atoms with Crippen LogP contribution in [0.15, 0.2) is 61.3 Å². The van der Waals surface area contributed by atoms with Crippen molar-refractivity contribution >= 4 is 28.5 Å². The molecule has 3 aromatic heterocycles. The lowest BCUT2D eigenvalue weighted by molar-refractivity contribution is -0.115. The number of anilines is 1. The third-order valence-electron chi connectivity index (χ3n) is 5.13. The fourth-order valence-corrected chi connectivity index (χ4v) is 3.53. The van der Waals surface area contributed by atoms with Gasteiger partial charge >= 0.3 is 0 Å². The van der Waals surface area contributed by atoms with E-state index < -0.39 is 0 Å². The predicted molar refractivity (Wildman–Crippen MR) is 120 cm³/mol. The number of benzene rings is 1. The van der Waals surface area contributed by atoms with E-state index in [1.807, 2.05) is 24.5 Å². The minimum atomic E-state index is -0.233. The maximum Gasteiger partial charge on any atom is 0.229 e. The number of hydrogen-bond acceptors (Lipinski definition) is 6. The zero-order valence-electron chi connectivity index (χ0n) is 17.8. The summed E-state index contributed by atoms with van der Waals surface area (Å²) in [5.41, 5.74) is 3.17. The lowest BCUT2D eigenvalue weighted by atomic mass is 10.1. The highest BCUT2D eigenvalue weighted by molar-refractivity contribution is 6.15. The second-order valence-electron chi connectivity index (χ2n) is 7.77. The average Bonchev–Trinajstić information content (AvgIpc) is 3.19. The molecule has 0 fully saturated rings. The predicted octanol–water partition coefficient (Wildman–Crippen LogP) is 3.31. The van der Waals surface area contributed by atoms with Gasteiger partial charge in [-0.3, -0.25) is 9.59 Å². The van der Waals surface area contributed by atoms with Crippen molar-refractivity contribution in [2.24, 2.45) is 0 Å². The zero-order chi connectivity index (χ0) is 22.7. The molecule has 0 aliphatic rings. The minimum absolute atomic E-state index is 0.0749. The van der Waals surface area contributed by atoms with Crippen molar-refractivity contribution < 1.29 is 14.7 Å². The SMILES string of the molecule is CC(C)n1cc(C(=O)c2ccc(NC(=O)Cc3cccc(CO)c3)nc2)c2cncnc21. The van der Waals surface area contributed by atoms with Crippen molar-refractivity contribution in [1.82, 2.24) is 19.5 Å². The summed E-state index contributed by atoms with van der Waals surface area (Å²) < 4.78 is 1.94. The van der Waals surface area contributed by atoms with Crippen LogP contribution in [0.3, 0.4) is 0 Å². The monoisotopic (exact) mass is 429 g/mol. The van der Waals surface area contributed by atoms with Crippen molar-refractivity contribution in [1.29, 1.82) is 0 Å². The normalized spacial score (nSPS) is 11.1. The second-order valence-corrected chi connectivity index (χ2v) is 7.77. The highest BCUT2D eigenvalue weighted by Crippen LogP contribution is 2.24. The van der Waals surface area contributed by atoms with Crippen LogP contribution in [-0.2, 0) is 17.8 Å². The Morgan fingerprint density at radius 1 is 1.09 bits per heavy atom. The number of carbonyl (C=O) groups is 2. The van der Waals surface area contributed by atoms with Crippen molar-refractivity contribution in [3.05, 3.63) is 83.6 Å². The van der Waals surface area contributed by atoms with Gasteiger partial charge < -0.3 is 15.0 Å². The standard InChI is InChI=1S/C24H23N5O3/c1-15(2)29-12-20(19-11-25-14-27-24(19)29)23(32)18-6-7-21(26-10-18)28-22(31)9-16-4-3-5-17(8-16)13-30/h3-8,10-12,14-15,30H,9,13H2,1-2H3,(H,26,28,31). The van der Waals surface area contributed by atoms with Gasteiger partial charge in [0.15, 0.2) is 5.78 Å². The number of pyridine rings is 1. The van der Waals surface area contributed by atoms with Gasteiger partial charge in [-0.15, -0.1) is 0 Å². The molecule has 1 amide bonds. The lowest BCUT2D eigenvalue weighted by Gasteiger charge is -2.07. The van der Waals surface area contributed by atoms with Crippen molar-refractivity contribution in [3.8, 4) is 0 Å². The Balaban J connectivity index is 1.50. The van der Waals surface area contributed by atoms with Crippen molar-refractivity contribution in [2.75, 3.05) is 5.32 Å². The Morgan fingerprint density at radius 2 is 1.91 bits per heavy atom. The number of fused-ring (bicyclic) bond motifs is 1. The summed E-state index contributed by atoms with van der Waals surface area (Å²) in [4.78, 5) is 38.1. The van der Waals surface area contributed by atoms with E-state index in [1.165, 1.54) is 12.5 Å². The van der Waals surface area contributed by atoms with Gasteiger partial charge in [0, 0.05) is 35.6 Å². The van der Waals surface area contributed by atoms with Gasteiger partial charge in [0.25, 0.3) is 0 Å². The Bertz CT molecular complexity index is 1280. The molecule has 8 heteroatoms.